The maximum atomic E-state index is 9.70. The van der Waals surface area contributed by atoms with Crippen LogP contribution in [0.5, 0.6) is 0 Å². The van der Waals surface area contributed by atoms with E-state index in [0.29, 0.717) is 5.92 Å². The number of hydrogen-bond donors (Lipinski definition) is 2. The van der Waals surface area contributed by atoms with Crippen LogP contribution in [0.3, 0.4) is 0 Å². The van der Waals surface area contributed by atoms with E-state index in [-0.39, 0.29) is 6.10 Å². The maximum absolute atomic E-state index is 9.70. The van der Waals surface area contributed by atoms with Gasteiger partial charge in [0.2, 0.25) is 0 Å². The molecule has 1 fully saturated rings. The summed E-state index contributed by atoms with van der Waals surface area (Å²) in [5, 5.41) is 17.7. The smallest absolute Gasteiger partial charge is 0.0695 e. The number of nitrogens with zero attached hydrogens (tertiary/aromatic N) is 2. The fraction of sp³-hybridized carbons (Fsp3) is 0.438. The third-order valence-electron chi connectivity index (χ3n) is 4.22. The fourth-order valence-corrected chi connectivity index (χ4v) is 3.16. The van der Waals surface area contributed by atoms with E-state index in [1.54, 1.807) is 0 Å². The average Bonchev–Trinajstić information content (AvgIpc) is 3.08. The minimum Gasteiger partial charge on any atom is -0.393 e. The minimum atomic E-state index is -0.230. The van der Waals surface area contributed by atoms with Crippen LogP contribution in [0, 0.1) is 5.92 Å². The molecule has 21 heavy (non-hydrogen) atoms. The van der Waals surface area contributed by atoms with Gasteiger partial charge in [0.25, 0.3) is 0 Å². The number of nitrogens with one attached hydrogen (secondary N) is 1. The molecule has 1 aromatic heterocycles. The summed E-state index contributed by atoms with van der Waals surface area (Å²) >= 11 is 6.07. The lowest BCUT2D eigenvalue weighted by Crippen LogP contribution is -2.24. The summed E-state index contributed by atoms with van der Waals surface area (Å²) < 4.78 is 0. The number of benzene rings is 1. The average molecular weight is 306 g/mol. The van der Waals surface area contributed by atoms with Gasteiger partial charge in [-0.2, -0.15) is 5.10 Å². The molecule has 0 aliphatic carbocycles. The summed E-state index contributed by atoms with van der Waals surface area (Å²) in [5.74, 6) is 0.381. The SMILES string of the molecule is CC(O)C1CCN(Cc2cn[nH]c2-c2cccc(Cl)c2)C1. The van der Waals surface area contributed by atoms with Crippen LogP contribution < -0.4 is 0 Å². The van der Waals surface area contributed by atoms with Crippen LogP contribution in [0.1, 0.15) is 18.9 Å². The van der Waals surface area contributed by atoms with Gasteiger partial charge in [0.05, 0.1) is 18.0 Å². The van der Waals surface area contributed by atoms with Crippen molar-refractivity contribution in [3.05, 3.63) is 41.0 Å². The van der Waals surface area contributed by atoms with E-state index >= 15 is 0 Å². The van der Waals surface area contributed by atoms with E-state index in [2.05, 4.69) is 15.1 Å². The van der Waals surface area contributed by atoms with Crippen molar-refractivity contribution in [2.75, 3.05) is 13.1 Å². The molecule has 4 nitrogen and oxygen atoms in total. The predicted molar refractivity (Wildman–Crippen MR) is 84.1 cm³/mol. The van der Waals surface area contributed by atoms with Crippen LogP contribution in [0.2, 0.25) is 5.02 Å². The van der Waals surface area contributed by atoms with E-state index in [9.17, 15) is 5.11 Å². The number of rotatable bonds is 4. The first-order chi connectivity index (χ1) is 10.1. The molecular formula is C16H20ClN3O. The lowest BCUT2D eigenvalue weighted by atomic mass is 10.0. The van der Waals surface area contributed by atoms with Crippen LogP contribution in [-0.2, 0) is 6.54 Å². The zero-order chi connectivity index (χ0) is 14.8. The number of aliphatic hydroxyl groups is 1. The molecule has 2 heterocycles. The second-order valence-electron chi connectivity index (χ2n) is 5.81. The van der Waals surface area contributed by atoms with Gasteiger partial charge in [-0.3, -0.25) is 10.00 Å². The van der Waals surface area contributed by atoms with Crippen LogP contribution in [0.4, 0.5) is 0 Å². The van der Waals surface area contributed by atoms with Crippen molar-refractivity contribution in [1.29, 1.82) is 0 Å². The summed E-state index contributed by atoms with van der Waals surface area (Å²) in [6.45, 7) is 4.69. The highest BCUT2D eigenvalue weighted by Crippen LogP contribution is 2.27. The molecule has 2 atom stereocenters. The second kappa shape index (κ2) is 6.18. The Balaban J connectivity index is 1.75. The Labute approximate surface area is 129 Å². The van der Waals surface area contributed by atoms with Crippen LogP contribution in [0.15, 0.2) is 30.5 Å². The molecule has 1 aliphatic rings. The van der Waals surface area contributed by atoms with E-state index in [1.165, 1.54) is 5.56 Å². The standard InChI is InChI=1S/C16H20ClN3O/c1-11(21)13-5-6-20(9-13)10-14-8-18-19-16(14)12-3-2-4-15(17)7-12/h2-4,7-8,11,13,21H,5-6,9-10H2,1H3,(H,18,19). The molecule has 0 amide bonds. The van der Waals surface area contributed by atoms with E-state index in [4.69, 9.17) is 11.6 Å². The van der Waals surface area contributed by atoms with Crippen LogP contribution in [0.25, 0.3) is 11.3 Å². The number of H-pyrrole nitrogens is 1. The number of aromatic nitrogens is 2. The summed E-state index contributed by atoms with van der Waals surface area (Å²) in [6.07, 6.45) is 2.71. The largest absolute Gasteiger partial charge is 0.393 e. The minimum absolute atomic E-state index is 0.230. The summed E-state index contributed by atoms with van der Waals surface area (Å²) in [7, 11) is 0. The van der Waals surface area contributed by atoms with Gasteiger partial charge in [0, 0.05) is 29.2 Å². The van der Waals surface area contributed by atoms with Crippen molar-refractivity contribution in [2.24, 2.45) is 5.92 Å². The van der Waals surface area contributed by atoms with E-state index < -0.39 is 0 Å². The predicted octanol–water partition coefficient (Wildman–Crippen LogP) is 2.93. The van der Waals surface area contributed by atoms with Crippen molar-refractivity contribution in [3.8, 4) is 11.3 Å². The molecule has 112 valence electrons. The Morgan fingerprint density at radius 3 is 3.10 bits per heavy atom. The quantitative estimate of drug-likeness (QED) is 0.913. The maximum Gasteiger partial charge on any atom is 0.0695 e. The second-order valence-corrected chi connectivity index (χ2v) is 6.24. The van der Waals surface area contributed by atoms with Crippen molar-refractivity contribution in [2.45, 2.75) is 26.0 Å². The highest BCUT2D eigenvalue weighted by Gasteiger charge is 2.26. The van der Waals surface area contributed by atoms with Crippen LogP contribution >= 0.6 is 11.6 Å². The van der Waals surface area contributed by atoms with Crippen molar-refractivity contribution in [3.63, 3.8) is 0 Å². The van der Waals surface area contributed by atoms with Gasteiger partial charge in [-0.1, -0.05) is 23.7 Å². The fourth-order valence-electron chi connectivity index (χ4n) is 2.97. The topological polar surface area (TPSA) is 52.1 Å². The highest BCUT2D eigenvalue weighted by molar-refractivity contribution is 6.30. The number of hydrogen-bond acceptors (Lipinski definition) is 3. The third kappa shape index (κ3) is 3.28. The van der Waals surface area contributed by atoms with Crippen molar-refractivity contribution in [1.82, 2.24) is 15.1 Å². The lowest BCUT2D eigenvalue weighted by molar-refractivity contribution is 0.127. The molecule has 0 saturated carbocycles. The van der Waals surface area contributed by atoms with E-state index in [0.717, 1.165) is 42.3 Å². The number of likely N-dealkylation sites (tertiary alicyclic amines) is 1. The zero-order valence-corrected chi connectivity index (χ0v) is 12.8. The summed E-state index contributed by atoms with van der Waals surface area (Å²) in [5.41, 5.74) is 3.25. The Hall–Kier alpha value is -1.36. The normalized spacial score (nSPS) is 20.8. The number of aromatic amines is 1. The van der Waals surface area contributed by atoms with Gasteiger partial charge in [-0.25, -0.2) is 0 Å². The molecule has 0 bridgehead atoms. The molecule has 0 spiro atoms. The van der Waals surface area contributed by atoms with Crippen LogP contribution in [-0.4, -0.2) is 39.4 Å². The summed E-state index contributed by atoms with van der Waals surface area (Å²) in [4.78, 5) is 2.37. The van der Waals surface area contributed by atoms with Crippen molar-refractivity contribution >= 4 is 11.6 Å². The highest BCUT2D eigenvalue weighted by atomic mass is 35.5. The monoisotopic (exact) mass is 305 g/mol. The molecule has 2 aromatic rings. The van der Waals surface area contributed by atoms with E-state index in [1.807, 2.05) is 37.4 Å². The van der Waals surface area contributed by atoms with Gasteiger partial charge in [-0.05, 0) is 37.9 Å². The molecule has 1 saturated heterocycles. The zero-order valence-electron chi connectivity index (χ0n) is 12.1. The first kappa shape index (κ1) is 14.6. The lowest BCUT2D eigenvalue weighted by Gasteiger charge is -2.17. The van der Waals surface area contributed by atoms with Gasteiger partial charge < -0.3 is 5.11 Å². The Bertz CT molecular complexity index is 611. The van der Waals surface area contributed by atoms with Gasteiger partial charge >= 0.3 is 0 Å². The molecular weight excluding hydrogens is 286 g/mol. The third-order valence-corrected chi connectivity index (χ3v) is 4.45. The molecule has 2 unspecified atom stereocenters. The Morgan fingerprint density at radius 2 is 2.38 bits per heavy atom. The Kier molecular flexibility index (Phi) is 4.29. The van der Waals surface area contributed by atoms with Crippen molar-refractivity contribution < 1.29 is 5.11 Å². The molecule has 2 N–H and O–H groups in total. The molecule has 3 rings (SSSR count). The molecule has 5 heteroatoms. The number of aliphatic hydroxyl groups excluding tert-OH is 1. The molecule has 1 aromatic carbocycles. The molecule has 1 aliphatic heterocycles. The Morgan fingerprint density at radius 1 is 1.52 bits per heavy atom. The first-order valence-electron chi connectivity index (χ1n) is 7.32. The van der Waals surface area contributed by atoms with Gasteiger partial charge in [0.15, 0.2) is 0 Å². The van der Waals surface area contributed by atoms with Gasteiger partial charge in [0.1, 0.15) is 0 Å². The van der Waals surface area contributed by atoms with Gasteiger partial charge in [-0.15, -0.1) is 0 Å². The first-order valence-corrected chi connectivity index (χ1v) is 7.70. The molecule has 0 radical (unpaired) electrons. The summed E-state index contributed by atoms with van der Waals surface area (Å²) in [6, 6.07) is 7.79. The number of halogens is 1.